The van der Waals surface area contributed by atoms with Crippen LogP contribution in [-0.2, 0) is 4.79 Å². The van der Waals surface area contributed by atoms with Gasteiger partial charge in [-0.05, 0) is 73.9 Å². The first kappa shape index (κ1) is 32.6. The largest absolute Gasteiger partial charge is 0.504 e. The van der Waals surface area contributed by atoms with Crippen LogP contribution < -0.4 is 16.4 Å². The molecule has 1 saturated carbocycles. The molecule has 3 aromatic rings. The molecule has 5 N–H and O–H groups in total. The Morgan fingerprint density at radius 1 is 1.08 bits per heavy atom. The number of anilines is 1. The second-order valence-electron chi connectivity index (χ2n) is 10.1. The monoisotopic (exact) mass is 598 g/mol. The molecule has 1 heterocycles. The molecule has 11 heteroatoms. The predicted octanol–water partition coefficient (Wildman–Crippen LogP) is 6.27. The van der Waals surface area contributed by atoms with E-state index in [9.17, 15) is 19.1 Å². The number of nitrogens with one attached hydrogen (secondary N) is 2. The van der Waals surface area contributed by atoms with Crippen molar-refractivity contribution in [3.8, 4) is 16.9 Å². The van der Waals surface area contributed by atoms with Crippen molar-refractivity contribution in [1.29, 1.82) is 0 Å². The fourth-order valence-corrected chi connectivity index (χ4v) is 4.92. The van der Waals surface area contributed by atoms with Crippen LogP contribution in [-0.4, -0.2) is 39.9 Å². The predicted molar refractivity (Wildman–Crippen MR) is 159 cm³/mol. The fourth-order valence-electron chi connectivity index (χ4n) is 4.71. The lowest BCUT2D eigenvalue weighted by molar-refractivity contribution is -0.124. The molecule has 1 aliphatic rings. The molecule has 1 amide bonds. The summed E-state index contributed by atoms with van der Waals surface area (Å²) in [4.78, 5) is 29.3. The Morgan fingerprint density at radius 3 is 2.31 bits per heavy atom. The number of Topliss-reactive ketones (excluding diaryl/α,β-unsaturated/α-hetero) is 1. The van der Waals surface area contributed by atoms with Gasteiger partial charge in [0.05, 0.1) is 27.8 Å². The lowest BCUT2D eigenvalue weighted by Crippen LogP contribution is -2.49. The number of hydrogen-bond acceptors (Lipinski definition) is 6. The van der Waals surface area contributed by atoms with Crippen LogP contribution in [0.2, 0.25) is 5.02 Å². The van der Waals surface area contributed by atoms with Crippen molar-refractivity contribution in [2.24, 2.45) is 11.7 Å². The first-order valence-electron chi connectivity index (χ1n) is 12.5. The van der Waals surface area contributed by atoms with Gasteiger partial charge in [-0.2, -0.15) is 0 Å². The molecule has 2 aromatic carbocycles. The molecule has 1 aliphatic carbocycles. The molecule has 7 nitrogen and oxygen atoms in total. The topological polar surface area (TPSA) is 117 Å². The van der Waals surface area contributed by atoms with Crippen molar-refractivity contribution in [2.45, 2.75) is 64.6 Å². The number of aromatic nitrogens is 1. The van der Waals surface area contributed by atoms with Gasteiger partial charge in [-0.15, -0.1) is 24.8 Å². The van der Waals surface area contributed by atoms with E-state index in [2.05, 4.69) is 15.6 Å². The highest BCUT2D eigenvalue weighted by Crippen LogP contribution is 2.36. The van der Waals surface area contributed by atoms with E-state index < -0.39 is 17.6 Å². The Bertz CT molecular complexity index is 1320. The number of nitrogens with zero attached hydrogens (tertiary/aromatic N) is 1. The highest BCUT2D eigenvalue weighted by atomic mass is 35.5. The first-order chi connectivity index (χ1) is 17.5. The Balaban J connectivity index is 0.00000267. The second kappa shape index (κ2) is 13.6. The maximum absolute atomic E-state index is 14.2. The highest BCUT2D eigenvalue weighted by Gasteiger charge is 2.26. The van der Waals surface area contributed by atoms with Crippen molar-refractivity contribution in [2.75, 3.05) is 5.32 Å². The third-order valence-corrected chi connectivity index (χ3v) is 7.33. The molecule has 4 rings (SSSR count). The van der Waals surface area contributed by atoms with Gasteiger partial charge in [-0.3, -0.25) is 14.6 Å². The standard InChI is InChI=1S/C28H32ClFN4O3.2ClH/c1-14(2)25(31)28(37)34-19-7-5-18(6-8-19)33-26-20-10-16(17-11-22(29)27(36)23(30)12-17)4-9-24(20)32-13-21(26)15(3)35;;/h4,9-14,18-19,25,36H,5-8,31H2,1-3H3,(H,32,33)(H,34,37);2*1H. The smallest absolute Gasteiger partial charge is 0.237 e. The Morgan fingerprint density at radius 2 is 1.72 bits per heavy atom. The third-order valence-electron chi connectivity index (χ3n) is 7.04. The minimum atomic E-state index is -0.810. The molecule has 1 aromatic heterocycles. The highest BCUT2D eigenvalue weighted by molar-refractivity contribution is 6.32. The number of amides is 1. The SMILES string of the molecule is CC(=O)c1cnc2ccc(-c3cc(F)c(O)c(Cl)c3)cc2c1NC1CCC(NC(=O)C(N)C(C)C)CC1.Cl.Cl. The summed E-state index contributed by atoms with van der Waals surface area (Å²) in [5, 5.41) is 17.0. The third kappa shape index (κ3) is 7.31. The summed E-state index contributed by atoms with van der Waals surface area (Å²) in [5.74, 6) is -1.57. The van der Waals surface area contributed by atoms with Gasteiger partial charge < -0.3 is 21.5 Å². The Kier molecular flexibility index (Phi) is 11.4. The number of carbonyl (C=O) groups excluding carboxylic acids is 2. The average molecular weight is 600 g/mol. The molecular formula is C28H34Cl3FN4O3. The van der Waals surface area contributed by atoms with E-state index in [1.807, 2.05) is 26.0 Å². The van der Waals surface area contributed by atoms with Gasteiger partial charge >= 0.3 is 0 Å². The number of rotatable bonds is 7. The van der Waals surface area contributed by atoms with Crippen molar-refractivity contribution < 1.29 is 19.1 Å². The molecule has 1 fully saturated rings. The van der Waals surface area contributed by atoms with Crippen LogP contribution in [0, 0.1) is 11.7 Å². The number of nitrogens with two attached hydrogens (primary N) is 1. The summed E-state index contributed by atoms with van der Waals surface area (Å²) in [6.45, 7) is 5.35. The van der Waals surface area contributed by atoms with Crippen molar-refractivity contribution in [1.82, 2.24) is 10.3 Å². The summed E-state index contributed by atoms with van der Waals surface area (Å²) in [7, 11) is 0. The molecule has 212 valence electrons. The van der Waals surface area contributed by atoms with Gasteiger partial charge in [-0.25, -0.2) is 4.39 Å². The number of hydrogen-bond donors (Lipinski definition) is 4. The van der Waals surface area contributed by atoms with Crippen molar-refractivity contribution in [3.63, 3.8) is 0 Å². The molecule has 0 radical (unpaired) electrons. The number of carbonyl (C=O) groups is 2. The number of halogens is 4. The van der Waals surface area contributed by atoms with Crippen molar-refractivity contribution in [3.05, 3.63) is 52.9 Å². The average Bonchev–Trinajstić information content (AvgIpc) is 2.87. The quantitative estimate of drug-likeness (QED) is 0.238. The molecule has 39 heavy (non-hydrogen) atoms. The molecule has 0 spiro atoms. The van der Waals surface area contributed by atoms with Crippen LogP contribution in [0.25, 0.3) is 22.0 Å². The number of phenolic OH excluding ortho intramolecular Hbond substituents is 1. The van der Waals surface area contributed by atoms with E-state index in [-0.39, 0.29) is 59.5 Å². The van der Waals surface area contributed by atoms with Gasteiger partial charge in [0, 0.05) is 23.7 Å². The molecule has 0 bridgehead atoms. The zero-order valence-electron chi connectivity index (χ0n) is 22.0. The van der Waals surface area contributed by atoms with Crippen LogP contribution in [0.5, 0.6) is 5.75 Å². The number of fused-ring (bicyclic) bond motifs is 1. The number of phenols is 1. The van der Waals surface area contributed by atoms with Gasteiger partial charge in [0.25, 0.3) is 0 Å². The van der Waals surface area contributed by atoms with Crippen LogP contribution in [0.1, 0.15) is 56.8 Å². The number of benzene rings is 2. The zero-order valence-corrected chi connectivity index (χ0v) is 24.4. The van der Waals surface area contributed by atoms with E-state index in [0.717, 1.165) is 31.1 Å². The Hall–Kier alpha value is -2.65. The van der Waals surface area contributed by atoms with E-state index in [1.165, 1.54) is 19.1 Å². The number of aromatic hydroxyl groups is 1. The van der Waals surface area contributed by atoms with Gasteiger partial charge in [0.1, 0.15) is 0 Å². The zero-order chi connectivity index (χ0) is 26.9. The van der Waals surface area contributed by atoms with Gasteiger partial charge in [0.15, 0.2) is 17.3 Å². The maximum Gasteiger partial charge on any atom is 0.237 e. The summed E-state index contributed by atoms with van der Waals surface area (Å²) in [6.07, 6.45) is 4.78. The van der Waals surface area contributed by atoms with E-state index in [0.29, 0.717) is 27.9 Å². The van der Waals surface area contributed by atoms with E-state index >= 15 is 0 Å². The van der Waals surface area contributed by atoms with Crippen LogP contribution in [0.15, 0.2) is 36.5 Å². The van der Waals surface area contributed by atoms with Crippen LogP contribution in [0.3, 0.4) is 0 Å². The normalized spacial score (nSPS) is 17.6. The van der Waals surface area contributed by atoms with Gasteiger partial charge in [-0.1, -0.05) is 31.5 Å². The van der Waals surface area contributed by atoms with E-state index in [1.54, 1.807) is 12.3 Å². The lowest BCUT2D eigenvalue weighted by atomic mass is 9.90. The number of ketones is 1. The summed E-state index contributed by atoms with van der Waals surface area (Å²) < 4.78 is 14.2. The molecule has 0 aliphatic heterocycles. The van der Waals surface area contributed by atoms with Gasteiger partial charge in [0.2, 0.25) is 5.91 Å². The van der Waals surface area contributed by atoms with Crippen LogP contribution in [0.4, 0.5) is 10.1 Å². The summed E-state index contributed by atoms with van der Waals surface area (Å²) >= 11 is 6.00. The molecule has 1 unspecified atom stereocenters. The minimum Gasteiger partial charge on any atom is -0.504 e. The number of pyridine rings is 1. The maximum atomic E-state index is 14.2. The fraction of sp³-hybridized carbons (Fsp3) is 0.393. The molecule has 1 atom stereocenters. The molecule has 0 saturated heterocycles. The van der Waals surface area contributed by atoms with E-state index in [4.69, 9.17) is 17.3 Å². The lowest BCUT2D eigenvalue weighted by Gasteiger charge is -2.32. The first-order valence-corrected chi connectivity index (χ1v) is 12.9. The second-order valence-corrected chi connectivity index (χ2v) is 10.5. The molecular weight excluding hydrogens is 566 g/mol. The van der Waals surface area contributed by atoms with Crippen LogP contribution >= 0.6 is 36.4 Å². The summed E-state index contributed by atoms with van der Waals surface area (Å²) in [5.41, 5.74) is 8.99. The Labute approximate surface area is 244 Å². The minimum absolute atomic E-state index is 0. The van der Waals surface area contributed by atoms with Crippen molar-refractivity contribution >= 4 is 64.7 Å². The summed E-state index contributed by atoms with van der Waals surface area (Å²) in [6, 6.07) is 7.81.